The van der Waals surface area contributed by atoms with Gasteiger partial charge in [-0.1, -0.05) is 23.7 Å². The van der Waals surface area contributed by atoms with Crippen molar-refractivity contribution in [2.24, 2.45) is 0 Å². The van der Waals surface area contributed by atoms with Crippen LogP contribution in [-0.2, 0) is 0 Å². The molecule has 2 rings (SSSR count). The van der Waals surface area contributed by atoms with Crippen molar-refractivity contribution in [3.63, 3.8) is 0 Å². The summed E-state index contributed by atoms with van der Waals surface area (Å²) in [6.07, 6.45) is -0.428. The minimum atomic E-state index is -0.428. The zero-order valence-corrected chi connectivity index (χ0v) is 12.5. The van der Waals surface area contributed by atoms with Gasteiger partial charge in [-0.25, -0.2) is 0 Å². The fourth-order valence-corrected chi connectivity index (χ4v) is 2.62. The lowest BCUT2D eigenvalue weighted by Crippen LogP contribution is -2.49. The molecule has 0 saturated carbocycles. The van der Waals surface area contributed by atoms with Crippen LogP contribution < -0.4 is 0 Å². The van der Waals surface area contributed by atoms with Crippen molar-refractivity contribution in [3.05, 3.63) is 34.9 Å². The van der Waals surface area contributed by atoms with Crippen molar-refractivity contribution < 1.29 is 5.11 Å². The molecule has 19 heavy (non-hydrogen) atoms. The van der Waals surface area contributed by atoms with Crippen LogP contribution in [0.4, 0.5) is 0 Å². The average Bonchev–Trinajstić information content (AvgIpc) is 2.40. The number of nitrogens with zero attached hydrogens (tertiary/aromatic N) is 2. The molecular weight excluding hydrogens is 260 g/mol. The number of aliphatic hydroxyl groups excluding tert-OH is 1. The smallest absolute Gasteiger partial charge is 0.0916 e. The predicted molar refractivity (Wildman–Crippen MR) is 79.6 cm³/mol. The predicted octanol–water partition coefficient (Wildman–Crippen LogP) is 2.40. The molecule has 1 unspecified atom stereocenters. The van der Waals surface area contributed by atoms with Gasteiger partial charge in [0.15, 0.2) is 0 Å². The second kappa shape index (κ2) is 6.71. The number of hydrogen-bond donors (Lipinski definition) is 1. The molecular formula is C15H23ClN2O. The first kappa shape index (κ1) is 14.8. The Balaban J connectivity index is 1.83. The topological polar surface area (TPSA) is 26.7 Å². The summed E-state index contributed by atoms with van der Waals surface area (Å²) in [5, 5.41) is 11.0. The highest BCUT2D eigenvalue weighted by Crippen LogP contribution is 2.18. The van der Waals surface area contributed by atoms with Crippen LogP contribution in [0.2, 0.25) is 5.02 Å². The fraction of sp³-hybridized carbons (Fsp3) is 0.600. The van der Waals surface area contributed by atoms with Crippen molar-refractivity contribution in [3.8, 4) is 0 Å². The summed E-state index contributed by atoms with van der Waals surface area (Å²) >= 11 is 5.86. The Kier molecular flexibility index (Phi) is 5.22. The Bertz CT molecular complexity index is 386. The number of β-amino-alcohol motifs (C(OH)–C–C–N with tert-alkyl or cyclic N) is 1. The van der Waals surface area contributed by atoms with E-state index in [1.54, 1.807) is 0 Å². The minimum Gasteiger partial charge on any atom is -0.387 e. The van der Waals surface area contributed by atoms with Crippen LogP contribution in [0.1, 0.15) is 25.5 Å². The third-order valence-electron chi connectivity index (χ3n) is 3.82. The molecule has 0 spiro atoms. The van der Waals surface area contributed by atoms with Gasteiger partial charge in [-0.3, -0.25) is 9.80 Å². The highest BCUT2D eigenvalue weighted by atomic mass is 35.5. The molecule has 1 fully saturated rings. The Morgan fingerprint density at radius 1 is 1.11 bits per heavy atom. The van der Waals surface area contributed by atoms with E-state index in [1.807, 2.05) is 24.3 Å². The molecule has 0 bridgehead atoms. The van der Waals surface area contributed by atoms with E-state index in [2.05, 4.69) is 23.6 Å². The van der Waals surface area contributed by atoms with Crippen LogP contribution in [0.5, 0.6) is 0 Å². The maximum atomic E-state index is 10.2. The summed E-state index contributed by atoms with van der Waals surface area (Å²) in [6.45, 7) is 9.41. The molecule has 0 radical (unpaired) electrons. The summed E-state index contributed by atoms with van der Waals surface area (Å²) < 4.78 is 0. The van der Waals surface area contributed by atoms with Gasteiger partial charge in [0.2, 0.25) is 0 Å². The van der Waals surface area contributed by atoms with Crippen molar-refractivity contribution in [1.82, 2.24) is 9.80 Å². The second-order valence-corrected chi connectivity index (χ2v) is 5.93. The molecule has 4 heteroatoms. The number of hydrogen-bond acceptors (Lipinski definition) is 3. The van der Waals surface area contributed by atoms with Gasteiger partial charge in [0.05, 0.1) is 6.10 Å². The molecule has 1 aliphatic heterocycles. The first-order valence-electron chi connectivity index (χ1n) is 6.96. The first-order valence-corrected chi connectivity index (χ1v) is 7.34. The third kappa shape index (κ3) is 4.18. The first-order chi connectivity index (χ1) is 9.06. The van der Waals surface area contributed by atoms with Gasteiger partial charge in [0.25, 0.3) is 0 Å². The Morgan fingerprint density at radius 3 is 2.21 bits per heavy atom. The quantitative estimate of drug-likeness (QED) is 0.919. The van der Waals surface area contributed by atoms with Crippen molar-refractivity contribution in [1.29, 1.82) is 0 Å². The molecule has 3 nitrogen and oxygen atoms in total. The molecule has 1 atom stereocenters. The molecule has 0 amide bonds. The lowest BCUT2D eigenvalue weighted by molar-refractivity contribution is 0.0621. The van der Waals surface area contributed by atoms with Gasteiger partial charge in [0.1, 0.15) is 0 Å². The summed E-state index contributed by atoms with van der Waals surface area (Å²) in [5.74, 6) is 0. The van der Waals surface area contributed by atoms with Gasteiger partial charge in [0, 0.05) is 43.8 Å². The molecule has 0 aromatic heterocycles. The zero-order valence-electron chi connectivity index (χ0n) is 11.7. The summed E-state index contributed by atoms with van der Waals surface area (Å²) in [5.41, 5.74) is 0.940. The number of piperazine rings is 1. The molecule has 1 aliphatic rings. The van der Waals surface area contributed by atoms with E-state index >= 15 is 0 Å². The lowest BCUT2D eigenvalue weighted by Gasteiger charge is -2.37. The van der Waals surface area contributed by atoms with Gasteiger partial charge < -0.3 is 5.11 Å². The monoisotopic (exact) mass is 282 g/mol. The van der Waals surface area contributed by atoms with E-state index in [1.165, 1.54) is 0 Å². The largest absolute Gasteiger partial charge is 0.387 e. The fourth-order valence-electron chi connectivity index (χ4n) is 2.50. The number of rotatable bonds is 4. The molecule has 106 valence electrons. The second-order valence-electron chi connectivity index (χ2n) is 5.50. The van der Waals surface area contributed by atoms with Crippen LogP contribution in [0.25, 0.3) is 0 Å². The number of benzene rings is 1. The molecule has 1 N–H and O–H groups in total. The maximum absolute atomic E-state index is 10.2. The molecule has 1 heterocycles. The van der Waals surface area contributed by atoms with E-state index in [0.717, 1.165) is 31.7 Å². The molecule has 1 aromatic carbocycles. The van der Waals surface area contributed by atoms with Crippen LogP contribution in [-0.4, -0.2) is 53.7 Å². The van der Waals surface area contributed by atoms with Gasteiger partial charge in [-0.2, -0.15) is 0 Å². The summed E-state index contributed by atoms with van der Waals surface area (Å²) in [4.78, 5) is 4.81. The van der Waals surface area contributed by atoms with E-state index < -0.39 is 6.10 Å². The van der Waals surface area contributed by atoms with E-state index in [0.29, 0.717) is 17.6 Å². The zero-order chi connectivity index (χ0) is 13.8. The van der Waals surface area contributed by atoms with E-state index in [4.69, 9.17) is 11.6 Å². The highest BCUT2D eigenvalue weighted by molar-refractivity contribution is 6.30. The number of halogens is 1. The van der Waals surface area contributed by atoms with E-state index in [-0.39, 0.29) is 0 Å². The Morgan fingerprint density at radius 2 is 1.68 bits per heavy atom. The number of aliphatic hydroxyl groups is 1. The molecule has 1 aromatic rings. The van der Waals surface area contributed by atoms with Gasteiger partial charge in [-0.15, -0.1) is 0 Å². The standard InChI is InChI=1S/C15H23ClN2O/c1-12(2)18-9-7-17(8-10-18)11-15(19)13-3-5-14(16)6-4-13/h3-6,12,15,19H,7-11H2,1-2H3. The van der Waals surface area contributed by atoms with Crippen molar-refractivity contribution in [2.45, 2.75) is 26.0 Å². The summed E-state index contributed by atoms with van der Waals surface area (Å²) in [6, 6.07) is 8.07. The highest BCUT2D eigenvalue weighted by Gasteiger charge is 2.21. The molecule has 1 saturated heterocycles. The van der Waals surface area contributed by atoms with E-state index in [9.17, 15) is 5.11 Å². The van der Waals surface area contributed by atoms with Crippen LogP contribution >= 0.6 is 11.6 Å². The van der Waals surface area contributed by atoms with Crippen molar-refractivity contribution >= 4 is 11.6 Å². The lowest BCUT2D eigenvalue weighted by atomic mass is 10.1. The molecule has 0 aliphatic carbocycles. The van der Waals surface area contributed by atoms with Gasteiger partial charge in [-0.05, 0) is 31.5 Å². The van der Waals surface area contributed by atoms with Crippen molar-refractivity contribution in [2.75, 3.05) is 32.7 Å². The van der Waals surface area contributed by atoms with Crippen LogP contribution in [0, 0.1) is 0 Å². The SMILES string of the molecule is CC(C)N1CCN(CC(O)c2ccc(Cl)cc2)CC1. The normalized spacial score (nSPS) is 19.8. The maximum Gasteiger partial charge on any atom is 0.0916 e. The Labute approximate surface area is 120 Å². The van der Waals surface area contributed by atoms with Gasteiger partial charge >= 0.3 is 0 Å². The summed E-state index contributed by atoms with van der Waals surface area (Å²) in [7, 11) is 0. The third-order valence-corrected chi connectivity index (χ3v) is 4.08. The average molecular weight is 283 g/mol. The Hall–Kier alpha value is -0.610. The minimum absolute atomic E-state index is 0.428. The van der Waals surface area contributed by atoms with Crippen LogP contribution in [0.3, 0.4) is 0 Å². The van der Waals surface area contributed by atoms with Crippen LogP contribution in [0.15, 0.2) is 24.3 Å².